The van der Waals surface area contributed by atoms with Gasteiger partial charge in [-0.2, -0.15) is 0 Å². The van der Waals surface area contributed by atoms with E-state index in [9.17, 15) is 0 Å². The number of para-hydroxylation sites is 1. The molecule has 0 aliphatic carbocycles. The number of rotatable bonds is 6. The average molecular weight is 780 g/mol. The summed E-state index contributed by atoms with van der Waals surface area (Å²) in [4.78, 5) is 2.49. The maximum atomic E-state index is 2.49. The zero-order valence-corrected chi connectivity index (χ0v) is 33.5. The van der Waals surface area contributed by atoms with E-state index in [0.717, 1.165) is 17.1 Å². The lowest BCUT2D eigenvalue weighted by molar-refractivity contribution is 1.31. The molecule has 2 heteroatoms. The molecular formula is C58H37NS. The predicted octanol–water partition coefficient (Wildman–Crippen LogP) is 17.1. The molecule has 0 radical (unpaired) electrons. The van der Waals surface area contributed by atoms with Gasteiger partial charge in [0.2, 0.25) is 0 Å². The minimum absolute atomic E-state index is 1.13. The Morgan fingerprint density at radius 3 is 1.65 bits per heavy atom. The summed E-state index contributed by atoms with van der Waals surface area (Å²) in [5.74, 6) is 0. The van der Waals surface area contributed by atoms with Crippen molar-refractivity contribution < 1.29 is 0 Å². The molecule has 60 heavy (non-hydrogen) atoms. The molecule has 0 fully saturated rings. The van der Waals surface area contributed by atoms with Crippen molar-refractivity contribution in [3.63, 3.8) is 0 Å². The normalized spacial score (nSPS) is 11.7. The fourth-order valence-corrected chi connectivity index (χ4v) is 10.7. The summed E-state index contributed by atoms with van der Waals surface area (Å²) in [6, 6.07) is 82.7. The first-order chi connectivity index (χ1) is 29.8. The third-order valence-electron chi connectivity index (χ3n) is 12.2. The lowest BCUT2D eigenvalue weighted by Crippen LogP contribution is -2.11. The van der Waals surface area contributed by atoms with E-state index < -0.39 is 0 Å². The van der Waals surface area contributed by atoms with E-state index in [0.29, 0.717) is 0 Å². The minimum atomic E-state index is 1.13. The van der Waals surface area contributed by atoms with Gasteiger partial charge in [-0.15, -0.1) is 11.3 Å². The maximum Gasteiger partial charge on any atom is 0.0540 e. The molecule has 0 aliphatic rings. The van der Waals surface area contributed by atoms with Crippen molar-refractivity contribution >= 4 is 91.7 Å². The second-order valence-electron chi connectivity index (χ2n) is 15.6. The van der Waals surface area contributed by atoms with Crippen LogP contribution >= 0.6 is 11.3 Å². The summed E-state index contributed by atoms with van der Waals surface area (Å²) in [5, 5.41) is 12.6. The number of fused-ring (bicyclic) bond motifs is 9. The van der Waals surface area contributed by atoms with Crippen molar-refractivity contribution in [3.05, 3.63) is 224 Å². The lowest BCUT2D eigenvalue weighted by Gasteiger charge is -2.29. The predicted molar refractivity (Wildman–Crippen MR) is 260 cm³/mol. The molecule has 0 spiro atoms. The lowest BCUT2D eigenvalue weighted by atomic mass is 9.84. The van der Waals surface area contributed by atoms with Crippen LogP contribution in [0.2, 0.25) is 0 Å². The topological polar surface area (TPSA) is 3.24 Å². The van der Waals surface area contributed by atoms with Crippen LogP contribution in [0.15, 0.2) is 224 Å². The first-order valence-electron chi connectivity index (χ1n) is 20.6. The molecule has 12 rings (SSSR count). The van der Waals surface area contributed by atoms with Gasteiger partial charge in [-0.1, -0.05) is 188 Å². The first-order valence-corrected chi connectivity index (χ1v) is 21.4. The quantitative estimate of drug-likeness (QED) is 0.152. The summed E-state index contributed by atoms with van der Waals surface area (Å²) in [6.45, 7) is 0. The summed E-state index contributed by atoms with van der Waals surface area (Å²) in [6.07, 6.45) is 0. The molecule has 11 aromatic carbocycles. The van der Waals surface area contributed by atoms with Gasteiger partial charge in [-0.3, -0.25) is 0 Å². The van der Waals surface area contributed by atoms with Crippen molar-refractivity contribution in [1.29, 1.82) is 0 Å². The van der Waals surface area contributed by atoms with Crippen LogP contribution in [0, 0.1) is 0 Å². The summed E-state index contributed by atoms with van der Waals surface area (Å²) < 4.78 is 2.58. The van der Waals surface area contributed by atoms with Gasteiger partial charge in [0.15, 0.2) is 0 Å². The first kappa shape index (κ1) is 34.5. The van der Waals surface area contributed by atoms with Gasteiger partial charge in [0, 0.05) is 36.8 Å². The van der Waals surface area contributed by atoms with Gasteiger partial charge < -0.3 is 4.90 Å². The Hall–Kier alpha value is -7.52. The molecule has 0 amide bonds. The molecule has 12 aromatic rings. The van der Waals surface area contributed by atoms with Crippen LogP contribution in [-0.2, 0) is 0 Å². The number of hydrogen-bond donors (Lipinski definition) is 0. The van der Waals surface area contributed by atoms with Crippen LogP contribution in [0.1, 0.15) is 0 Å². The molecule has 0 N–H and O–H groups in total. The van der Waals surface area contributed by atoms with Crippen molar-refractivity contribution in [3.8, 4) is 33.4 Å². The summed E-state index contributed by atoms with van der Waals surface area (Å²) >= 11 is 1.86. The molecule has 1 aromatic heterocycles. The number of benzene rings is 11. The highest BCUT2D eigenvalue weighted by Gasteiger charge is 2.23. The molecule has 1 nitrogen and oxygen atoms in total. The van der Waals surface area contributed by atoms with Gasteiger partial charge in [0.05, 0.1) is 11.4 Å². The molecule has 0 bridgehead atoms. The summed E-state index contributed by atoms with van der Waals surface area (Å²) in [7, 11) is 0. The Bertz CT molecular complexity index is 3600. The highest BCUT2D eigenvalue weighted by Crippen LogP contribution is 2.49. The average Bonchev–Trinajstić information content (AvgIpc) is 3.70. The van der Waals surface area contributed by atoms with Crippen molar-refractivity contribution in [2.75, 3.05) is 4.90 Å². The van der Waals surface area contributed by atoms with Gasteiger partial charge >= 0.3 is 0 Å². The van der Waals surface area contributed by atoms with Crippen LogP contribution in [0.3, 0.4) is 0 Å². The standard InChI is InChI=1S/C58H37NS/c1-3-17-39(18-4-1)57-51-25-10-9-23-46(51)47-33-31-41(36-52(47)58(57)40-19-5-2-6-20-40)44-22-11-13-27-53(44)59(42-32-35-50-49-24-12-14-29-55(49)60-56(50)37-42)54-28-15-26-45-43-21-8-7-16-38(43)30-34-48(45)54/h1-37H. The maximum absolute atomic E-state index is 2.49. The monoisotopic (exact) mass is 779 g/mol. The molecule has 0 unspecified atom stereocenters. The second-order valence-corrected chi connectivity index (χ2v) is 16.7. The highest BCUT2D eigenvalue weighted by molar-refractivity contribution is 7.25. The molecule has 0 saturated heterocycles. The third kappa shape index (κ3) is 5.53. The van der Waals surface area contributed by atoms with Crippen LogP contribution in [-0.4, -0.2) is 0 Å². The van der Waals surface area contributed by atoms with E-state index in [1.807, 2.05) is 11.3 Å². The van der Waals surface area contributed by atoms with Crippen LogP contribution < -0.4 is 4.90 Å². The fraction of sp³-hybridized carbons (Fsp3) is 0. The Kier molecular flexibility index (Phi) is 8.11. The van der Waals surface area contributed by atoms with Crippen LogP contribution in [0.4, 0.5) is 17.1 Å². The molecule has 0 saturated carbocycles. The number of nitrogens with zero attached hydrogens (tertiary/aromatic N) is 1. The van der Waals surface area contributed by atoms with Crippen molar-refractivity contribution in [1.82, 2.24) is 0 Å². The number of hydrogen-bond acceptors (Lipinski definition) is 2. The number of thiophene rings is 1. The van der Waals surface area contributed by atoms with E-state index in [4.69, 9.17) is 0 Å². The highest BCUT2D eigenvalue weighted by atomic mass is 32.1. The van der Waals surface area contributed by atoms with E-state index in [2.05, 4.69) is 229 Å². The molecule has 280 valence electrons. The van der Waals surface area contributed by atoms with Crippen LogP contribution in [0.5, 0.6) is 0 Å². The molecule has 0 atom stereocenters. The Morgan fingerprint density at radius 2 is 0.833 bits per heavy atom. The molecule has 0 aliphatic heterocycles. The van der Waals surface area contributed by atoms with Gasteiger partial charge in [-0.05, 0) is 102 Å². The Labute approximate surface area is 352 Å². The fourth-order valence-electron chi connectivity index (χ4n) is 9.56. The largest absolute Gasteiger partial charge is 0.309 e. The second kappa shape index (κ2) is 14.1. The van der Waals surface area contributed by atoms with Gasteiger partial charge in [-0.25, -0.2) is 0 Å². The van der Waals surface area contributed by atoms with E-state index in [-0.39, 0.29) is 0 Å². The number of anilines is 3. The SMILES string of the molecule is c1ccc(-c2c(-c3ccccc3)c3cc(-c4ccccc4N(c4ccc5c(c4)sc4ccccc45)c4cccc5c4ccc4ccccc45)ccc3c3ccccc23)cc1. The van der Waals surface area contributed by atoms with E-state index >= 15 is 0 Å². The van der Waals surface area contributed by atoms with Gasteiger partial charge in [0.25, 0.3) is 0 Å². The minimum Gasteiger partial charge on any atom is -0.309 e. The Morgan fingerprint density at radius 1 is 0.283 bits per heavy atom. The van der Waals surface area contributed by atoms with E-state index in [1.54, 1.807) is 0 Å². The zero-order valence-electron chi connectivity index (χ0n) is 32.7. The van der Waals surface area contributed by atoms with Crippen molar-refractivity contribution in [2.24, 2.45) is 0 Å². The van der Waals surface area contributed by atoms with Gasteiger partial charge in [0.1, 0.15) is 0 Å². The Balaban J connectivity index is 1.15. The van der Waals surface area contributed by atoms with Crippen molar-refractivity contribution in [2.45, 2.75) is 0 Å². The smallest absolute Gasteiger partial charge is 0.0540 e. The summed E-state index contributed by atoms with van der Waals surface area (Å²) in [5.41, 5.74) is 10.7. The van der Waals surface area contributed by atoms with Crippen LogP contribution in [0.25, 0.3) is 96.6 Å². The third-order valence-corrected chi connectivity index (χ3v) is 13.4. The molecule has 1 heterocycles. The zero-order chi connectivity index (χ0) is 39.6. The molecular weight excluding hydrogens is 743 g/mol. The van der Waals surface area contributed by atoms with E-state index in [1.165, 1.54) is 96.6 Å².